The first-order chi connectivity index (χ1) is 29.4. The summed E-state index contributed by atoms with van der Waals surface area (Å²) in [6.07, 6.45) is 10.1. The predicted octanol–water partition coefficient (Wildman–Crippen LogP) is 4.07. The Kier molecular flexibility index (Phi) is 30.1. The zero-order valence-electron chi connectivity index (χ0n) is 37.4. The van der Waals surface area contributed by atoms with E-state index in [9.17, 15) is 50.4 Å². The highest BCUT2D eigenvalue weighted by Gasteiger charge is 2.52. The summed E-state index contributed by atoms with van der Waals surface area (Å²) in [6.45, 7) is 3.25. The van der Waals surface area contributed by atoms with Gasteiger partial charge in [-0.05, 0) is 12.8 Å². The van der Waals surface area contributed by atoms with Gasteiger partial charge >= 0.3 is 5.97 Å². The van der Waals surface area contributed by atoms with Crippen molar-refractivity contribution in [3.63, 3.8) is 0 Å². The molecule has 0 bridgehead atoms. The minimum absolute atomic E-state index is 0.243. The van der Waals surface area contributed by atoms with E-state index in [1.165, 1.54) is 96.3 Å². The average molecular weight is 879 g/mol. The molecule has 0 aromatic heterocycles. The van der Waals surface area contributed by atoms with Crippen molar-refractivity contribution in [2.45, 2.75) is 260 Å². The first kappa shape index (κ1) is 55.6. The van der Waals surface area contributed by atoms with E-state index in [0.29, 0.717) is 19.3 Å². The van der Waals surface area contributed by atoms with E-state index >= 15 is 0 Å². The maximum atomic E-state index is 13.2. The quantitative estimate of drug-likeness (QED) is 0.0398. The number of unbranched alkanes of at least 4 members (excludes halogenated alkanes) is 22. The molecular formula is C45H86N2O14. The number of ether oxygens (including phenoxy) is 4. The maximum Gasteiger partial charge on any atom is 0.335 e. The molecule has 16 heteroatoms. The summed E-state index contributed by atoms with van der Waals surface area (Å²) in [6, 6.07) is -2.49. The largest absolute Gasteiger partial charge is 0.479 e. The topological polar surface area (TPSA) is 271 Å². The number of hydrogen-bond acceptors (Lipinski definition) is 14. The Bertz CT molecular complexity index is 1120. The molecular weight excluding hydrogens is 792 g/mol. The number of aliphatic hydroxyl groups is 7. The Labute approximate surface area is 365 Å². The number of aliphatic carboxylic acids is 1. The molecule has 1 amide bonds. The van der Waals surface area contributed by atoms with Gasteiger partial charge in [-0.1, -0.05) is 168 Å². The molecule has 0 radical (unpaired) electrons. The molecule has 0 saturated carbocycles. The smallest absolute Gasteiger partial charge is 0.335 e. The molecule has 13 atom stereocenters. The lowest BCUT2D eigenvalue weighted by Gasteiger charge is -2.45. The van der Waals surface area contributed by atoms with Crippen LogP contribution in [0.15, 0.2) is 0 Å². The first-order valence-corrected chi connectivity index (χ1v) is 23.9. The maximum absolute atomic E-state index is 13.2. The molecule has 16 nitrogen and oxygen atoms in total. The zero-order chi connectivity index (χ0) is 45.0. The van der Waals surface area contributed by atoms with Crippen LogP contribution in [0.5, 0.6) is 0 Å². The molecule has 2 saturated heterocycles. The lowest BCUT2D eigenvalue weighted by atomic mass is 9.96. The molecule has 11 N–H and O–H groups in total. The van der Waals surface area contributed by atoms with Crippen LogP contribution in [0.3, 0.4) is 0 Å². The van der Waals surface area contributed by atoms with Crippen LogP contribution in [-0.4, -0.2) is 146 Å². The summed E-state index contributed by atoms with van der Waals surface area (Å²) < 4.78 is 22.3. The molecule has 360 valence electrons. The Hall–Kier alpha value is -1.54. The van der Waals surface area contributed by atoms with Gasteiger partial charge in [0.2, 0.25) is 5.91 Å². The zero-order valence-corrected chi connectivity index (χ0v) is 37.4. The SMILES string of the molecule is CCCCCCCCCCCCCCC[C@@H](O)[C@H](CO[C@H]1O[C@H](C(=O)O)[C@@H](O[C@H]2O[C@H](CO)[C@@H](O)[C@H](O)[C@H]2N)[C@H](O)[C@H]1O)NC(=O)[C@@H](O)CCCCCCCCCCCCC. The van der Waals surface area contributed by atoms with Gasteiger partial charge in [0, 0.05) is 0 Å². The van der Waals surface area contributed by atoms with Crippen molar-refractivity contribution >= 4 is 11.9 Å². The predicted molar refractivity (Wildman–Crippen MR) is 230 cm³/mol. The number of carboxylic acids is 1. The first-order valence-electron chi connectivity index (χ1n) is 23.9. The van der Waals surface area contributed by atoms with Gasteiger partial charge in [0.25, 0.3) is 0 Å². The van der Waals surface area contributed by atoms with E-state index in [4.69, 9.17) is 24.7 Å². The third kappa shape index (κ3) is 21.3. The Balaban J connectivity index is 1.95. The van der Waals surface area contributed by atoms with Crippen LogP contribution in [0.1, 0.15) is 181 Å². The molecule has 0 spiro atoms. The molecule has 0 aromatic carbocycles. The van der Waals surface area contributed by atoms with Gasteiger partial charge in [0.15, 0.2) is 18.7 Å². The Morgan fingerprint density at radius 2 is 1.08 bits per heavy atom. The van der Waals surface area contributed by atoms with Gasteiger partial charge in [-0.3, -0.25) is 4.79 Å². The minimum Gasteiger partial charge on any atom is -0.479 e. The van der Waals surface area contributed by atoms with Crippen LogP contribution in [0.2, 0.25) is 0 Å². The number of nitrogens with two attached hydrogens (primary N) is 1. The van der Waals surface area contributed by atoms with Gasteiger partial charge < -0.3 is 70.9 Å². The van der Waals surface area contributed by atoms with Crippen LogP contribution >= 0.6 is 0 Å². The van der Waals surface area contributed by atoms with Crippen molar-refractivity contribution in [3.8, 4) is 0 Å². The molecule has 0 aliphatic carbocycles. The average Bonchev–Trinajstić information content (AvgIpc) is 3.24. The summed E-state index contributed by atoms with van der Waals surface area (Å²) in [7, 11) is 0. The van der Waals surface area contributed by atoms with Crippen molar-refractivity contribution in [1.29, 1.82) is 0 Å². The lowest BCUT2D eigenvalue weighted by Crippen LogP contribution is -2.67. The molecule has 2 rings (SSSR count). The van der Waals surface area contributed by atoms with Gasteiger partial charge in [0.1, 0.15) is 42.7 Å². The Morgan fingerprint density at radius 1 is 0.623 bits per heavy atom. The number of aliphatic hydroxyl groups excluding tert-OH is 7. The molecule has 0 unspecified atom stereocenters. The van der Waals surface area contributed by atoms with Gasteiger partial charge in [-0.25, -0.2) is 4.79 Å². The molecule has 2 fully saturated rings. The van der Waals surface area contributed by atoms with Crippen molar-refractivity contribution < 1.29 is 69.4 Å². The van der Waals surface area contributed by atoms with E-state index in [1.807, 2.05) is 0 Å². The summed E-state index contributed by atoms with van der Waals surface area (Å²) in [5, 5.41) is 86.8. The second-order valence-electron chi connectivity index (χ2n) is 17.5. The number of nitrogens with one attached hydrogen (secondary N) is 1. The van der Waals surface area contributed by atoms with Gasteiger partial charge in [0.05, 0.1) is 31.4 Å². The lowest BCUT2D eigenvalue weighted by molar-refractivity contribution is -0.340. The van der Waals surface area contributed by atoms with E-state index in [0.717, 1.165) is 44.9 Å². The van der Waals surface area contributed by atoms with Crippen molar-refractivity contribution in [1.82, 2.24) is 5.32 Å². The molecule has 2 aliphatic rings. The number of carbonyl (C=O) groups is 2. The summed E-state index contributed by atoms with van der Waals surface area (Å²) in [4.78, 5) is 25.5. The fourth-order valence-electron chi connectivity index (χ4n) is 8.14. The summed E-state index contributed by atoms with van der Waals surface area (Å²) >= 11 is 0. The molecule has 2 aliphatic heterocycles. The van der Waals surface area contributed by atoms with E-state index < -0.39 is 105 Å². The van der Waals surface area contributed by atoms with E-state index in [1.54, 1.807) is 0 Å². The summed E-state index contributed by atoms with van der Waals surface area (Å²) in [5.74, 6) is -2.30. The monoisotopic (exact) mass is 879 g/mol. The number of carbonyl (C=O) groups excluding carboxylic acids is 1. The molecule has 61 heavy (non-hydrogen) atoms. The van der Waals surface area contributed by atoms with Crippen LogP contribution in [0.4, 0.5) is 0 Å². The van der Waals surface area contributed by atoms with E-state index in [2.05, 4.69) is 19.2 Å². The number of rotatable bonds is 36. The van der Waals surface area contributed by atoms with Crippen molar-refractivity contribution in [2.24, 2.45) is 5.73 Å². The van der Waals surface area contributed by atoms with Crippen molar-refractivity contribution in [3.05, 3.63) is 0 Å². The number of carboxylic acid groups (broad SMARTS) is 1. The van der Waals surface area contributed by atoms with E-state index in [-0.39, 0.29) is 6.42 Å². The highest BCUT2D eigenvalue weighted by molar-refractivity contribution is 5.80. The minimum atomic E-state index is -1.96. The Morgan fingerprint density at radius 3 is 1.54 bits per heavy atom. The fraction of sp³-hybridized carbons (Fsp3) is 0.956. The number of amides is 1. The van der Waals surface area contributed by atoms with Crippen molar-refractivity contribution in [2.75, 3.05) is 13.2 Å². The number of hydrogen-bond donors (Lipinski definition) is 10. The third-order valence-corrected chi connectivity index (χ3v) is 12.2. The second kappa shape index (κ2) is 33.0. The normalized spacial score (nSPS) is 28.4. The summed E-state index contributed by atoms with van der Waals surface area (Å²) in [5.41, 5.74) is 5.94. The third-order valence-electron chi connectivity index (χ3n) is 12.2. The van der Waals surface area contributed by atoms with Gasteiger partial charge in [-0.2, -0.15) is 0 Å². The van der Waals surface area contributed by atoms with Crippen LogP contribution in [-0.2, 0) is 28.5 Å². The fourth-order valence-corrected chi connectivity index (χ4v) is 8.14. The van der Waals surface area contributed by atoms with Crippen LogP contribution < -0.4 is 11.1 Å². The molecule has 2 heterocycles. The molecule has 0 aromatic rings. The standard InChI is InChI=1S/C45H86N2O14/c1-3-5-7-9-11-13-15-16-18-19-21-23-25-27-32(49)31(47-42(55)33(50)28-26-24-22-20-17-14-12-10-8-6-4-2)30-58-45-39(54)38(53)40(41(61-45)43(56)57)60-44-35(46)37(52)36(51)34(29-48)59-44/h31-41,44-45,48-54H,3-30,46H2,1-2H3,(H,47,55)(H,56,57)/t31-,32+,33-,34+,35+,36+,37+,38+,39+,40-,41-,44+,45-/m0/s1. The van der Waals surface area contributed by atoms with Crippen LogP contribution in [0.25, 0.3) is 0 Å². The highest BCUT2D eigenvalue weighted by atomic mass is 16.7. The van der Waals surface area contributed by atoms with Crippen LogP contribution in [0, 0.1) is 0 Å². The van der Waals surface area contributed by atoms with Gasteiger partial charge in [-0.15, -0.1) is 0 Å². The second-order valence-corrected chi connectivity index (χ2v) is 17.5. The highest BCUT2D eigenvalue weighted by Crippen LogP contribution is 2.30.